The van der Waals surface area contributed by atoms with E-state index in [9.17, 15) is 0 Å². The summed E-state index contributed by atoms with van der Waals surface area (Å²) < 4.78 is 8.83. The van der Waals surface area contributed by atoms with Gasteiger partial charge in [0.2, 0.25) is 0 Å². The molecule has 52 heavy (non-hydrogen) atoms. The average molecular weight is 685 g/mol. The molecule has 0 N–H and O–H groups in total. The minimum atomic E-state index is 0.881. The molecule has 0 saturated carbocycles. The van der Waals surface area contributed by atoms with Crippen LogP contribution >= 0.6 is 11.3 Å². The lowest BCUT2D eigenvalue weighted by molar-refractivity contribution is 0.669. The van der Waals surface area contributed by atoms with Gasteiger partial charge >= 0.3 is 0 Å². The molecule has 0 atom stereocenters. The van der Waals surface area contributed by atoms with Gasteiger partial charge in [-0.25, -0.2) is 0 Å². The first-order valence-electron chi connectivity index (χ1n) is 17.5. The van der Waals surface area contributed by atoms with Gasteiger partial charge in [0.25, 0.3) is 0 Å². The number of hydrogen-bond acceptors (Lipinski definition) is 4. The maximum atomic E-state index is 6.32. The van der Waals surface area contributed by atoms with Crippen molar-refractivity contribution in [1.82, 2.24) is 0 Å². The molecule has 0 radical (unpaired) electrons. The maximum absolute atomic E-state index is 6.32. The third-order valence-corrected chi connectivity index (χ3v) is 11.0. The highest BCUT2D eigenvalue weighted by Crippen LogP contribution is 2.44. The number of anilines is 6. The summed E-state index contributed by atoms with van der Waals surface area (Å²) in [5.41, 5.74) is 10.8. The summed E-state index contributed by atoms with van der Waals surface area (Å²) in [4.78, 5) is 4.66. The minimum Gasteiger partial charge on any atom is -0.456 e. The monoisotopic (exact) mass is 684 g/mol. The molecule has 0 unspecified atom stereocenters. The fraction of sp³-hybridized carbons (Fsp3) is 0. The van der Waals surface area contributed by atoms with Gasteiger partial charge in [0, 0.05) is 71.1 Å². The summed E-state index contributed by atoms with van der Waals surface area (Å²) in [6, 6.07) is 69.1. The molecule has 10 rings (SSSR count). The number of nitrogens with zero attached hydrogens (tertiary/aromatic N) is 2. The molecule has 0 spiro atoms. The molecule has 0 aliphatic carbocycles. The summed E-state index contributed by atoms with van der Waals surface area (Å²) in [5, 5.41) is 4.75. The summed E-state index contributed by atoms with van der Waals surface area (Å²) in [7, 11) is 0. The predicted octanol–water partition coefficient (Wildman–Crippen LogP) is 14.6. The number of para-hydroxylation sites is 3. The van der Waals surface area contributed by atoms with E-state index in [1.54, 1.807) is 0 Å². The molecule has 2 heterocycles. The van der Waals surface area contributed by atoms with E-state index in [0.29, 0.717) is 0 Å². The van der Waals surface area contributed by atoms with Crippen LogP contribution in [0, 0.1) is 0 Å². The molecule has 3 nitrogen and oxygen atoms in total. The van der Waals surface area contributed by atoms with Crippen LogP contribution in [0.15, 0.2) is 199 Å². The van der Waals surface area contributed by atoms with Crippen LogP contribution in [0.25, 0.3) is 53.2 Å². The lowest BCUT2D eigenvalue weighted by atomic mass is 10.0. The van der Waals surface area contributed by atoms with E-state index in [1.165, 1.54) is 31.3 Å². The highest BCUT2D eigenvalue weighted by molar-refractivity contribution is 7.25. The molecule has 0 saturated heterocycles. The number of furan rings is 1. The number of hydrogen-bond donors (Lipinski definition) is 0. The first-order chi connectivity index (χ1) is 25.8. The van der Waals surface area contributed by atoms with Gasteiger partial charge in [0.15, 0.2) is 0 Å². The SMILES string of the molecule is c1ccc(-c2ccc(N(c3ccccc3)c3ccc4c(c3)sc3ccc(N(c5ccccc5)c5ccc6c(c5)oc5ccccc56)cc34)cc2)cc1. The van der Waals surface area contributed by atoms with Crippen LogP contribution in [0.3, 0.4) is 0 Å². The Kier molecular flexibility index (Phi) is 7.33. The second kappa shape index (κ2) is 12.6. The van der Waals surface area contributed by atoms with Crippen molar-refractivity contribution in [2.24, 2.45) is 0 Å². The number of fused-ring (bicyclic) bond motifs is 6. The van der Waals surface area contributed by atoms with E-state index in [4.69, 9.17) is 4.42 Å². The van der Waals surface area contributed by atoms with Crippen molar-refractivity contribution in [3.8, 4) is 11.1 Å². The molecule has 0 aliphatic heterocycles. The standard InChI is InChI=1S/C48H32N2OS/c1-4-12-33(13-5-1)34-20-22-37(23-21-34)49(35-14-6-2-7-15-35)40-25-28-43-44-30-38(26-29-47(44)52-48(43)32-40)50(36-16-8-3-9-17-36)39-24-27-42-41-18-10-11-19-45(41)51-46(42)31-39/h1-32H. The van der Waals surface area contributed by atoms with Crippen LogP contribution in [-0.4, -0.2) is 0 Å². The quantitative estimate of drug-likeness (QED) is 0.167. The summed E-state index contributed by atoms with van der Waals surface area (Å²) in [6.45, 7) is 0. The number of rotatable bonds is 7. The smallest absolute Gasteiger partial charge is 0.137 e. The Morgan fingerprint density at radius 2 is 0.808 bits per heavy atom. The second-order valence-electron chi connectivity index (χ2n) is 13.0. The van der Waals surface area contributed by atoms with Crippen LogP contribution in [0.4, 0.5) is 34.1 Å². The third-order valence-electron chi connectivity index (χ3n) is 9.84. The molecule has 0 fully saturated rings. The molecule has 0 amide bonds. The number of benzene rings is 8. The average Bonchev–Trinajstić information content (AvgIpc) is 3.77. The first kappa shape index (κ1) is 30.2. The molecular weight excluding hydrogens is 653 g/mol. The van der Waals surface area contributed by atoms with Crippen molar-refractivity contribution < 1.29 is 4.42 Å². The van der Waals surface area contributed by atoms with Gasteiger partial charge < -0.3 is 14.2 Å². The molecule has 246 valence electrons. The van der Waals surface area contributed by atoms with Crippen molar-refractivity contribution in [3.63, 3.8) is 0 Å². The van der Waals surface area contributed by atoms with Gasteiger partial charge in [-0.1, -0.05) is 103 Å². The Bertz CT molecular complexity index is 2840. The van der Waals surface area contributed by atoms with E-state index in [2.05, 4.69) is 192 Å². The third kappa shape index (κ3) is 5.29. The van der Waals surface area contributed by atoms with E-state index in [1.807, 2.05) is 23.5 Å². The van der Waals surface area contributed by atoms with Crippen molar-refractivity contribution >= 4 is 87.6 Å². The Labute approximate surface area is 305 Å². The highest BCUT2D eigenvalue weighted by Gasteiger charge is 2.18. The topological polar surface area (TPSA) is 19.6 Å². The largest absolute Gasteiger partial charge is 0.456 e. The predicted molar refractivity (Wildman–Crippen MR) is 221 cm³/mol. The maximum Gasteiger partial charge on any atom is 0.137 e. The fourth-order valence-corrected chi connectivity index (χ4v) is 8.49. The van der Waals surface area contributed by atoms with Gasteiger partial charge in [-0.05, 0) is 96.1 Å². The fourth-order valence-electron chi connectivity index (χ4n) is 7.37. The molecule has 0 aliphatic rings. The van der Waals surface area contributed by atoms with Crippen molar-refractivity contribution in [3.05, 3.63) is 194 Å². The summed E-state index contributed by atoms with van der Waals surface area (Å²) in [5.74, 6) is 0. The Balaban J connectivity index is 1.07. The van der Waals surface area contributed by atoms with Gasteiger partial charge in [0.1, 0.15) is 11.2 Å². The number of thiophene rings is 1. The van der Waals surface area contributed by atoms with Crippen molar-refractivity contribution in [2.45, 2.75) is 0 Å². The van der Waals surface area contributed by atoms with Gasteiger partial charge in [-0.2, -0.15) is 0 Å². The van der Waals surface area contributed by atoms with Gasteiger partial charge in [0.05, 0.1) is 0 Å². The Morgan fingerprint density at radius 1 is 0.308 bits per heavy atom. The summed E-state index contributed by atoms with van der Waals surface area (Å²) in [6.07, 6.45) is 0. The molecule has 2 aromatic heterocycles. The molecular formula is C48H32N2OS. The van der Waals surface area contributed by atoms with Crippen molar-refractivity contribution in [2.75, 3.05) is 9.80 Å². The molecule has 10 aromatic rings. The Hall–Kier alpha value is -6.62. The zero-order chi connectivity index (χ0) is 34.4. The lowest BCUT2D eigenvalue weighted by Gasteiger charge is -2.26. The zero-order valence-corrected chi connectivity index (χ0v) is 29.0. The van der Waals surface area contributed by atoms with Crippen LogP contribution < -0.4 is 9.80 Å². The van der Waals surface area contributed by atoms with Crippen LogP contribution in [0.5, 0.6) is 0 Å². The normalized spacial score (nSPS) is 11.5. The zero-order valence-electron chi connectivity index (χ0n) is 28.2. The van der Waals surface area contributed by atoms with E-state index in [0.717, 1.165) is 56.1 Å². The lowest BCUT2D eigenvalue weighted by Crippen LogP contribution is -2.09. The van der Waals surface area contributed by atoms with E-state index in [-0.39, 0.29) is 0 Å². The molecule has 4 heteroatoms. The van der Waals surface area contributed by atoms with E-state index < -0.39 is 0 Å². The second-order valence-corrected chi connectivity index (χ2v) is 14.1. The minimum absolute atomic E-state index is 0.881. The molecule has 0 bridgehead atoms. The van der Waals surface area contributed by atoms with Gasteiger partial charge in [-0.15, -0.1) is 11.3 Å². The highest BCUT2D eigenvalue weighted by atomic mass is 32.1. The molecule has 8 aromatic carbocycles. The van der Waals surface area contributed by atoms with Crippen LogP contribution in [0.2, 0.25) is 0 Å². The first-order valence-corrected chi connectivity index (χ1v) is 18.3. The van der Waals surface area contributed by atoms with E-state index >= 15 is 0 Å². The van der Waals surface area contributed by atoms with Crippen molar-refractivity contribution in [1.29, 1.82) is 0 Å². The summed E-state index contributed by atoms with van der Waals surface area (Å²) >= 11 is 1.84. The van der Waals surface area contributed by atoms with Crippen LogP contribution in [-0.2, 0) is 0 Å². The van der Waals surface area contributed by atoms with Gasteiger partial charge in [-0.3, -0.25) is 0 Å². The van der Waals surface area contributed by atoms with Crippen LogP contribution in [0.1, 0.15) is 0 Å². The Morgan fingerprint density at radius 3 is 1.54 bits per heavy atom.